The minimum atomic E-state index is -0.128. The molecule has 2 amide bonds. The van der Waals surface area contributed by atoms with Crippen molar-refractivity contribution in [2.24, 2.45) is 5.92 Å². The monoisotopic (exact) mass is 286 g/mol. The van der Waals surface area contributed by atoms with E-state index in [0.717, 1.165) is 25.9 Å². The van der Waals surface area contributed by atoms with E-state index in [1.54, 1.807) is 12.1 Å². The standard InChI is InChI=1S/C17H22N2O2/c1-12(2)18-9-5-6-13(10-18)11-19-16(20)14-7-3-4-8-15(14)17(19)21/h3-4,7-8,12-13H,5-6,9-11H2,1-2H3/t13-/m0/s1. The summed E-state index contributed by atoms with van der Waals surface area (Å²) in [7, 11) is 0. The van der Waals surface area contributed by atoms with Gasteiger partial charge in [0.1, 0.15) is 0 Å². The first-order valence-electron chi connectivity index (χ1n) is 7.77. The summed E-state index contributed by atoms with van der Waals surface area (Å²) in [6.07, 6.45) is 2.24. The van der Waals surface area contributed by atoms with E-state index in [-0.39, 0.29) is 11.8 Å². The molecule has 2 aliphatic rings. The zero-order chi connectivity index (χ0) is 15.0. The van der Waals surface area contributed by atoms with Crippen LogP contribution in [0.5, 0.6) is 0 Å². The van der Waals surface area contributed by atoms with Crippen LogP contribution in [0.1, 0.15) is 47.4 Å². The third-order valence-electron chi connectivity index (χ3n) is 4.60. The quantitative estimate of drug-likeness (QED) is 0.801. The summed E-state index contributed by atoms with van der Waals surface area (Å²) < 4.78 is 0. The lowest BCUT2D eigenvalue weighted by Gasteiger charge is -2.36. The minimum Gasteiger partial charge on any atom is -0.301 e. The Labute approximate surface area is 125 Å². The summed E-state index contributed by atoms with van der Waals surface area (Å²) in [5, 5.41) is 0. The Morgan fingerprint density at radius 3 is 2.33 bits per heavy atom. The van der Waals surface area contributed by atoms with E-state index in [0.29, 0.717) is 29.6 Å². The molecular formula is C17H22N2O2. The van der Waals surface area contributed by atoms with Gasteiger partial charge < -0.3 is 4.90 Å². The molecule has 0 unspecified atom stereocenters. The number of carbonyl (C=O) groups is 2. The van der Waals surface area contributed by atoms with Crippen molar-refractivity contribution >= 4 is 11.8 Å². The Morgan fingerprint density at radius 1 is 1.14 bits per heavy atom. The molecule has 0 aromatic heterocycles. The molecule has 1 saturated heterocycles. The molecule has 0 saturated carbocycles. The number of piperidine rings is 1. The smallest absolute Gasteiger partial charge is 0.261 e. The molecule has 0 radical (unpaired) electrons. The number of rotatable bonds is 3. The van der Waals surface area contributed by atoms with E-state index in [2.05, 4.69) is 18.7 Å². The number of hydrogen-bond acceptors (Lipinski definition) is 3. The average molecular weight is 286 g/mol. The van der Waals surface area contributed by atoms with Crippen LogP contribution < -0.4 is 0 Å². The zero-order valence-electron chi connectivity index (χ0n) is 12.7. The maximum Gasteiger partial charge on any atom is 0.261 e. The largest absolute Gasteiger partial charge is 0.301 e. The number of fused-ring (bicyclic) bond motifs is 1. The van der Waals surface area contributed by atoms with Crippen LogP contribution in [0, 0.1) is 5.92 Å². The Balaban J connectivity index is 1.72. The van der Waals surface area contributed by atoms with Crippen LogP contribution in [0.3, 0.4) is 0 Å². The van der Waals surface area contributed by atoms with Crippen molar-refractivity contribution in [3.63, 3.8) is 0 Å². The highest BCUT2D eigenvalue weighted by Gasteiger charge is 2.37. The van der Waals surface area contributed by atoms with Crippen molar-refractivity contribution in [3.05, 3.63) is 35.4 Å². The topological polar surface area (TPSA) is 40.6 Å². The van der Waals surface area contributed by atoms with Gasteiger partial charge in [-0.15, -0.1) is 0 Å². The molecule has 4 nitrogen and oxygen atoms in total. The van der Waals surface area contributed by atoms with Gasteiger partial charge in [-0.05, 0) is 51.3 Å². The fraction of sp³-hybridized carbons (Fsp3) is 0.529. The summed E-state index contributed by atoms with van der Waals surface area (Å²) in [6.45, 7) is 7.05. The number of nitrogens with zero attached hydrogens (tertiary/aromatic N) is 2. The van der Waals surface area contributed by atoms with Crippen molar-refractivity contribution in [1.82, 2.24) is 9.80 Å². The third kappa shape index (κ3) is 2.60. The second-order valence-corrected chi connectivity index (χ2v) is 6.36. The van der Waals surface area contributed by atoms with E-state index in [4.69, 9.17) is 0 Å². The molecular weight excluding hydrogens is 264 g/mol. The van der Waals surface area contributed by atoms with E-state index in [1.165, 1.54) is 4.90 Å². The van der Waals surface area contributed by atoms with Gasteiger partial charge in [-0.1, -0.05) is 12.1 Å². The predicted octanol–water partition coefficient (Wildman–Crippen LogP) is 2.40. The number of carbonyl (C=O) groups excluding carboxylic acids is 2. The number of likely N-dealkylation sites (tertiary alicyclic amines) is 1. The van der Waals surface area contributed by atoms with E-state index < -0.39 is 0 Å². The van der Waals surface area contributed by atoms with Crippen LogP contribution in [-0.2, 0) is 0 Å². The van der Waals surface area contributed by atoms with Crippen LogP contribution in [0.2, 0.25) is 0 Å². The lowest BCUT2D eigenvalue weighted by Crippen LogP contribution is -2.45. The fourth-order valence-corrected chi connectivity index (χ4v) is 3.38. The molecule has 0 spiro atoms. The number of benzene rings is 1. The molecule has 112 valence electrons. The van der Waals surface area contributed by atoms with Crippen molar-refractivity contribution in [1.29, 1.82) is 0 Å². The van der Waals surface area contributed by atoms with Gasteiger partial charge in [0.05, 0.1) is 11.1 Å². The second kappa shape index (κ2) is 5.60. The van der Waals surface area contributed by atoms with Gasteiger partial charge in [0.15, 0.2) is 0 Å². The van der Waals surface area contributed by atoms with Crippen LogP contribution in [0.25, 0.3) is 0 Å². The van der Waals surface area contributed by atoms with E-state index in [9.17, 15) is 9.59 Å². The van der Waals surface area contributed by atoms with Gasteiger partial charge in [0.25, 0.3) is 11.8 Å². The lowest BCUT2D eigenvalue weighted by atomic mass is 9.96. The van der Waals surface area contributed by atoms with Gasteiger partial charge in [-0.2, -0.15) is 0 Å². The van der Waals surface area contributed by atoms with Gasteiger partial charge in [0, 0.05) is 19.1 Å². The molecule has 1 fully saturated rings. The van der Waals surface area contributed by atoms with E-state index >= 15 is 0 Å². The summed E-state index contributed by atoms with van der Waals surface area (Å²) >= 11 is 0. The highest BCUT2D eigenvalue weighted by atomic mass is 16.2. The predicted molar refractivity (Wildman–Crippen MR) is 81.2 cm³/mol. The maximum atomic E-state index is 12.4. The second-order valence-electron chi connectivity index (χ2n) is 6.36. The number of amides is 2. The molecule has 1 aromatic carbocycles. The van der Waals surface area contributed by atoms with Crippen molar-refractivity contribution in [3.8, 4) is 0 Å². The molecule has 1 atom stereocenters. The summed E-state index contributed by atoms with van der Waals surface area (Å²) in [4.78, 5) is 28.7. The van der Waals surface area contributed by atoms with Gasteiger partial charge in [0.2, 0.25) is 0 Å². The minimum absolute atomic E-state index is 0.128. The first kappa shape index (κ1) is 14.3. The molecule has 21 heavy (non-hydrogen) atoms. The highest BCUT2D eigenvalue weighted by Crippen LogP contribution is 2.26. The lowest BCUT2D eigenvalue weighted by molar-refractivity contribution is 0.0574. The Morgan fingerprint density at radius 2 is 1.76 bits per heavy atom. The first-order valence-corrected chi connectivity index (χ1v) is 7.77. The van der Waals surface area contributed by atoms with Gasteiger partial charge in [-0.25, -0.2) is 0 Å². The maximum absolute atomic E-state index is 12.4. The molecule has 3 rings (SSSR count). The van der Waals surface area contributed by atoms with Crippen LogP contribution in [0.15, 0.2) is 24.3 Å². The zero-order valence-corrected chi connectivity index (χ0v) is 12.7. The summed E-state index contributed by atoms with van der Waals surface area (Å²) in [5.41, 5.74) is 1.11. The molecule has 4 heteroatoms. The molecule has 0 bridgehead atoms. The molecule has 1 aromatic rings. The Bertz CT molecular complexity index is 533. The number of hydrogen-bond donors (Lipinski definition) is 0. The molecule has 0 N–H and O–H groups in total. The van der Waals surface area contributed by atoms with Crippen molar-refractivity contribution < 1.29 is 9.59 Å². The summed E-state index contributed by atoms with van der Waals surface area (Å²) in [6, 6.07) is 7.65. The van der Waals surface area contributed by atoms with Gasteiger partial charge in [-0.3, -0.25) is 14.5 Å². The fourth-order valence-electron chi connectivity index (χ4n) is 3.38. The molecule has 2 heterocycles. The van der Waals surface area contributed by atoms with Crippen LogP contribution in [0.4, 0.5) is 0 Å². The van der Waals surface area contributed by atoms with Crippen LogP contribution in [-0.4, -0.2) is 47.3 Å². The van der Waals surface area contributed by atoms with Gasteiger partial charge >= 0.3 is 0 Å². The molecule has 2 aliphatic heterocycles. The van der Waals surface area contributed by atoms with Crippen LogP contribution >= 0.6 is 0 Å². The highest BCUT2D eigenvalue weighted by molar-refractivity contribution is 6.21. The first-order chi connectivity index (χ1) is 10.1. The normalized spacial score (nSPS) is 23.0. The average Bonchev–Trinajstić information content (AvgIpc) is 2.73. The SMILES string of the molecule is CC(C)N1CCC[C@H](CN2C(=O)c3ccccc3C2=O)C1. The molecule has 0 aliphatic carbocycles. The van der Waals surface area contributed by atoms with Crippen molar-refractivity contribution in [2.75, 3.05) is 19.6 Å². The number of imide groups is 1. The van der Waals surface area contributed by atoms with E-state index in [1.807, 2.05) is 12.1 Å². The summed E-state index contributed by atoms with van der Waals surface area (Å²) in [5.74, 6) is 0.137. The Kier molecular flexibility index (Phi) is 3.81. The van der Waals surface area contributed by atoms with Crippen molar-refractivity contribution in [2.45, 2.75) is 32.7 Å². The Hall–Kier alpha value is -1.68. The third-order valence-corrected chi connectivity index (χ3v) is 4.60.